The van der Waals surface area contributed by atoms with Gasteiger partial charge >= 0.3 is 0 Å². The van der Waals surface area contributed by atoms with Crippen LogP contribution >= 0.6 is 0 Å². The van der Waals surface area contributed by atoms with Crippen LogP contribution in [-0.4, -0.2) is 15.0 Å². The minimum atomic E-state index is -0.227. The van der Waals surface area contributed by atoms with Crippen molar-refractivity contribution in [3.8, 4) is 78.7 Å². The minimum Gasteiger partial charge on any atom is -0.456 e. The Bertz CT molecular complexity index is 3130. The van der Waals surface area contributed by atoms with Gasteiger partial charge in [-0.15, -0.1) is 0 Å². The molecule has 2 aromatic heterocycles. The van der Waals surface area contributed by atoms with E-state index in [1.807, 2.05) is 18.2 Å². The van der Waals surface area contributed by atoms with Crippen molar-refractivity contribution in [3.63, 3.8) is 0 Å². The quantitative estimate of drug-likeness (QED) is 0.170. The molecule has 0 saturated heterocycles. The largest absolute Gasteiger partial charge is 0.456 e. The van der Waals surface area contributed by atoms with Crippen molar-refractivity contribution in [2.45, 2.75) is 19.3 Å². The van der Waals surface area contributed by atoms with E-state index in [1.165, 1.54) is 44.5 Å². The normalized spacial score (nSPS) is 12.8. The van der Waals surface area contributed by atoms with Crippen molar-refractivity contribution >= 4 is 21.9 Å². The van der Waals surface area contributed by atoms with Crippen LogP contribution in [-0.2, 0) is 5.41 Å². The maximum atomic E-state index is 6.69. The fraction of sp³-hybridized carbons (Fsp3) is 0.0556. The van der Waals surface area contributed by atoms with E-state index in [4.69, 9.17) is 19.4 Å². The number of benzene rings is 8. The molecule has 0 saturated carbocycles. The van der Waals surface area contributed by atoms with Crippen LogP contribution in [0.2, 0.25) is 0 Å². The Morgan fingerprint density at radius 3 is 1.60 bits per heavy atom. The fourth-order valence-electron chi connectivity index (χ4n) is 8.96. The highest BCUT2D eigenvalue weighted by Crippen LogP contribution is 2.52. The van der Waals surface area contributed by atoms with E-state index >= 15 is 0 Å². The molecule has 0 radical (unpaired) electrons. The lowest BCUT2D eigenvalue weighted by atomic mass is 9.80. The molecule has 0 spiro atoms. The molecular formula is C54H37N3O. The summed E-state index contributed by atoms with van der Waals surface area (Å²) in [6.07, 6.45) is 0. The van der Waals surface area contributed by atoms with E-state index in [0.717, 1.165) is 49.8 Å². The van der Waals surface area contributed by atoms with Crippen molar-refractivity contribution in [2.24, 2.45) is 0 Å². The second-order valence-electron chi connectivity index (χ2n) is 15.6. The molecule has 0 aliphatic heterocycles. The molecule has 4 heteroatoms. The maximum absolute atomic E-state index is 6.69. The van der Waals surface area contributed by atoms with Crippen LogP contribution in [0.15, 0.2) is 192 Å². The summed E-state index contributed by atoms with van der Waals surface area (Å²) in [4.78, 5) is 15.5. The highest BCUT2D eigenvalue weighted by molar-refractivity contribution is 6.13. The molecule has 11 rings (SSSR count). The van der Waals surface area contributed by atoms with Crippen LogP contribution in [0.1, 0.15) is 25.0 Å². The first kappa shape index (κ1) is 33.9. The molecule has 10 aromatic rings. The number of hydrogen-bond donors (Lipinski definition) is 0. The van der Waals surface area contributed by atoms with Crippen LogP contribution in [0.5, 0.6) is 0 Å². The number of aromatic nitrogens is 3. The molecular weight excluding hydrogens is 707 g/mol. The molecule has 8 aromatic carbocycles. The Morgan fingerprint density at radius 1 is 0.362 bits per heavy atom. The third-order valence-electron chi connectivity index (χ3n) is 11.7. The third kappa shape index (κ3) is 5.56. The number of hydrogen-bond acceptors (Lipinski definition) is 4. The van der Waals surface area contributed by atoms with Crippen LogP contribution in [0.3, 0.4) is 0 Å². The van der Waals surface area contributed by atoms with Gasteiger partial charge in [-0.3, -0.25) is 0 Å². The van der Waals surface area contributed by atoms with Gasteiger partial charge < -0.3 is 4.42 Å². The molecule has 0 unspecified atom stereocenters. The summed E-state index contributed by atoms with van der Waals surface area (Å²) in [5, 5.41) is 2.12. The van der Waals surface area contributed by atoms with Gasteiger partial charge in [0.15, 0.2) is 17.5 Å². The average molecular weight is 744 g/mol. The number of furan rings is 1. The molecule has 4 nitrogen and oxygen atoms in total. The van der Waals surface area contributed by atoms with Gasteiger partial charge in [0.1, 0.15) is 11.2 Å². The highest BCUT2D eigenvalue weighted by Gasteiger charge is 2.38. The summed E-state index contributed by atoms with van der Waals surface area (Å²) >= 11 is 0. The van der Waals surface area contributed by atoms with Crippen molar-refractivity contribution in [1.82, 2.24) is 15.0 Å². The Hall–Kier alpha value is -7.43. The lowest BCUT2D eigenvalue weighted by Crippen LogP contribution is -2.17. The second-order valence-corrected chi connectivity index (χ2v) is 15.6. The van der Waals surface area contributed by atoms with Crippen molar-refractivity contribution in [3.05, 3.63) is 199 Å². The summed E-state index contributed by atoms with van der Waals surface area (Å²) in [6, 6.07) is 66.1. The summed E-state index contributed by atoms with van der Waals surface area (Å²) in [6.45, 7) is 4.59. The van der Waals surface area contributed by atoms with E-state index in [-0.39, 0.29) is 5.41 Å². The van der Waals surface area contributed by atoms with Gasteiger partial charge in [0.25, 0.3) is 0 Å². The Morgan fingerprint density at radius 2 is 0.897 bits per heavy atom. The number of rotatable bonds is 6. The first-order valence-electron chi connectivity index (χ1n) is 19.8. The third-order valence-corrected chi connectivity index (χ3v) is 11.7. The topological polar surface area (TPSA) is 51.8 Å². The Labute approximate surface area is 337 Å². The lowest BCUT2D eigenvalue weighted by Gasteiger charge is -2.24. The Balaban J connectivity index is 1.07. The summed E-state index contributed by atoms with van der Waals surface area (Å²) in [5.41, 5.74) is 16.2. The summed E-state index contributed by atoms with van der Waals surface area (Å²) in [5.74, 6) is 1.88. The van der Waals surface area contributed by atoms with Crippen molar-refractivity contribution in [1.29, 1.82) is 0 Å². The van der Waals surface area contributed by atoms with Crippen LogP contribution in [0.4, 0.5) is 0 Å². The molecule has 1 aliphatic rings. The smallest absolute Gasteiger partial charge is 0.164 e. The molecule has 274 valence electrons. The predicted molar refractivity (Wildman–Crippen MR) is 237 cm³/mol. The molecule has 0 N–H and O–H groups in total. The van der Waals surface area contributed by atoms with Crippen LogP contribution < -0.4 is 0 Å². The molecule has 0 bridgehead atoms. The molecule has 0 atom stereocenters. The maximum Gasteiger partial charge on any atom is 0.164 e. The SMILES string of the molecule is CC1(C)c2ccccc2-c2cccc(-c3nc(-c4ccccc4)nc(-c4ccc5c(c4)oc4cccc(-c6cc(-c7ccccc7)cc(-c7ccccc7)c6)c45)n3)c21. The van der Waals surface area contributed by atoms with E-state index < -0.39 is 0 Å². The minimum absolute atomic E-state index is 0.227. The van der Waals surface area contributed by atoms with Gasteiger partial charge in [0.05, 0.1) is 0 Å². The van der Waals surface area contributed by atoms with Crippen LogP contribution in [0, 0.1) is 0 Å². The monoisotopic (exact) mass is 743 g/mol. The summed E-state index contributed by atoms with van der Waals surface area (Å²) in [7, 11) is 0. The molecule has 2 heterocycles. The zero-order chi connectivity index (χ0) is 38.8. The lowest BCUT2D eigenvalue weighted by molar-refractivity contribution is 0.661. The molecule has 0 fully saturated rings. The van der Waals surface area contributed by atoms with Gasteiger partial charge in [-0.05, 0) is 92.0 Å². The average Bonchev–Trinajstić information content (AvgIpc) is 3.78. The van der Waals surface area contributed by atoms with Gasteiger partial charge in [-0.25, -0.2) is 15.0 Å². The van der Waals surface area contributed by atoms with Crippen molar-refractivity contribution < 1.29 is 4.42 Å². The predicted octanol–water partition coefficient (Wildman–Crippen LogP) is 14.1. The van der Waals surface area contributed by atoms with Gasteiger partial charge in [-0.1, -0.05) is 166 Å². The van der Waals surface area contributed by atoms with E-state index in [0.29, 0.717) is 17.5 Å². The molecule has 1 aliphatic carbocycles. The first-order chi connectivity index (χ1) is 28.5. The second kappa shape index (κ2) is 13.4. The standard InChI is InChI=1S/C54H37N3O/c1-54(2)46-26-13-12-22-42(46)43-24-14-25-45(50(43)54)53-56-51(36-20-10-5-11-21-36)55-52(57-53)37-28-29-44-48(33-37)58-47-27-15-23-41(49(44)47)40-31-38(34-16-6-3-7-17-34)30-39(32-40)35-18-8-4-9-19-35/h3-33H,1-2H3. The molecule has 58 heavy (non-hydrogen) atoms. The highest BCUT2D eigenvalue weighted by atomic mass is 16.3. The van der Waals surface area contributed by atoms with Gasteiger partial charge in [-0.2, -0.15) is 0 Å². The van der Waals surface area contributed by atoms with E-state index in [1.54, 1.807) is 0 Å². The van der Waals surface area contributed by atoms with Gasteiger partial charge in [0.2, 0.25) is 0 Å². The zero-order valence-corrected chi connectivity index (χ0v) is 32.1. The zero-order valence-electron chi connectivity index (χ0n) is 32.1. The summed E-state index contributed by atoms with van der Waals surface area (Å²) < 4.78 is 6.69. The molecule has 0 amide bonds. The van der Waals surface area contributed by atoms with Crippen molar-refractivity contribution in [2.75, 3.05) is 0 Å². The number of fused-ring (bicyclic) bond motifs is 6. The van der Waals surface area contributed by atoms with E-state index in [9.17, 15) is 0 Å². The fourth-order valence-corrected chi connectivity index (χ4v) is 8.96. The van der Waals surface area contributed by atoms with Crippen LogP contribution in [0.25, 0.3) is 101 Å². The first-order valence-corrected chi connectivity index (χ1v) is 19.8. The number of nitrogens with zero attached hydrogens (tertiary/aromatic N) is 3. The van der Waals surface area contributed by atoms with E-state index in [2.05, 4.69) is 184 Å². The van der Waals surface area contributed by atoms with Gasteiger partial charge in [0, 0.05) is 32.9 Å². The Kier molecular flexibility index (Phi) is 7.80.